The Balaban J connectivity index is 1.58. The third-order valence-electron chi connectivity index (χ3n) is 5.31. The van der Waals surface area contributed by atoms with Gasteiger partial charge in [-0.15, -0.1) is 11.3 Å². The molecule has 0 spiro atoms. The minimum absolute atomic E-state index is 0.128. The van der Waals surface area contributed by atoms with Crippen LogP contribution < -0.4 is 10.0 Å². The third-order valence-corrected chi connectivity index (χ3v) is 7.91. The molecule has 1 aliphatic carbocycles. The molecule has 0 aliphatic heterocycles. The van der Waals surface area contributed by atoms with Gasteiger partial charge in [-0.25, -0.2) is 13.2 Å². The van der Waals surface area contributed by atoms with Crippen molar-refractivity contribution in [2.24, 2.45) is 0 Å². The average molecular weight is 485 g/mol. The molecule has 0 fully saturated rings. The molecule has 0 radical (unpaired) electrons. The highest BCUT2D eigenvalue weighted by molar-refractivity contribution is 7.92. The van der Waals surface area contributed by atoms with Crippen molar-refractivity contribution < 1.29 is 22.7 Å². The van der Waals surface area contributed by atoms with Crippen LogP contribution in [0.25, 0.3) is 0 Å². The number of carbonyl (C=O) groups excluding carboxylic acids is 2. The normalized spacial score (nSPS) is 13.1. The number of ether oxygens (including phenoxy) is 1. The summed E-state index contributed by atoms with van der Waals surface area (Å²) in [6.45, 7) is 2.00. The lowest BCUT2D eigenvalue weighted by molar-refractivity contribution is 0.0526. The molecule has 33 heavy (non-hydrogen) atoms. The van der Waals surface area contributed by atoms with Crippen LogP contribution in [0, 0.1) is 0 Å². The zero-order valence-corrected chi connectivity index (χ0v) is 19.7. The zero-order valence-electron chi connectivity index (χ0n) is 18.1. The molecule has 0 saturated heterocycles. The predicted molar refractivity (Wildman–Crippen MR) is 129 cm³/mol. The Morgan fingerprint density at radius 3 is 2.55 bits per heavy atom. The van der Waals surface area contributed by atoms with Gasteiger partial charge in [-0.1, -0.05) is 24.3 Å². The summed E-state index contributed by atoms with van der Waals surface area (Å²) in [6, 6.07) is 14.2. The van der Waals surface area contributed by atoms with Gasteiger partial charge in [-0.05, 0) is 68.5 Å². The monoisotopic (exact) mass is 484 g/mol. The van der Waals surface area contributed by atoms with Crippen molar-refractivity contribution in [3.63, 3.8) is 0 Å². The number of thiophene rings is 1. The van der Waals surface area contributed by atoms with Crippen LogP contribution in [0.5, 0.6) is 0 Å². The van der Waals surface area contributed by atoms with E-state index in [1.165, 1.54) is 29.5 Å². The van der Waals surface area contributed by atoms with Crippen molar-refractivity contribution in [1.29, 1.82) is 0 Å². The molecule has 0 saturated carbocycles. The lowest BCUT2D eigenvalue weighted by Gasteiger charge is -2.12. The number of benzene rings is 2. The minimum atomic E-state index is -3.78. The molecule has 2 aromatic carbocycles. The predicted octanol–water partition coefficient (Wildman–Crippen LogP) is 4.86. The number of sulfonamides is 1. The Kier molecular flexibility index (Phi) is 6.80. The number of anilines is 2. The third kappa shape index (κ3) is 5.09. The summed E-state index contributed by atoms with van der Waals surface area (Å²) in [4.78, 5) is 26.9. The van der Waals surface area contributed by atoms with E-state index in [2.05, 4.69) is 10.0 Å². The number of rotatable bonds is 7. The molecule has 1 aliphatic rings. The van der Waals surface area contributed by atoms with Crippen molar-refractivity contribution in [2.75, 3.05) is 16.6 Å². The second kappa shape index (κ2) is 9.76. The van der Waals surface area contributed by atoms with Crippen LogP contribution in [0.3, 0.4) is 0 Å². The van der Waals surface area contributed by atoms with Crippen LogP contribution in [0.1, 0.15) is 50.9 Å². The highest BCUT2D eigenvalue weighted by Crippen LogP contribution is 2.38. The van der Waals surface area contributed by atoms with E-state index >= 15 is 0 Å². The highest BCUT2D eigenvalue weighted by atomic mass is 32.2. The molecule has 1 heterocycles. The largest absolute Gasteiger partial charge is 0.462 e. The maximum Gasteiger partial charge on any atom is 0.341 e. The smallest absolute Gasteiger partial charge is 0.341 e. The standard InChI is InChI=1S/C24H24N2O5S2/c1-2-31-24(28)21-19-13-6-7-14-20(19)32-23(21)25-22(27)16-9-8-10-17(15-16)26-33(29,30)18-11-4-3-5-12-18/h3-5,8-12,15,26H,2,6-7,13-14H2,1H3,(H,25,27). The quantitative estimate of drug-likeness (QED) is 0.467. The number of nitrogens with one attached hydrogen (secondary N) is 2. The molecule has 0 bridgehead atoms. The summed E-state index contributed by atoms with van der Waals surface area (Å²) < 4.78 is 32.9. The zero-order chi connectivity index (χ0) is 23.4. The topological polar surface area (TPSA) is 102 Å². The van der Waals surface area contributed by atoms with Crippen molar-refractivity contribution >= 4 is 43.9 Å². The molecule has 1 aromatic heterocycles. The van der Waals surface area contributed by atoms with Crippen LogP contribution in [-0.4, -0.2) is 26.9 Å². The molecule has 0 atom stereocenters. The molecular weight excluding hydrogens is 460 g/mol. The van der Waals surface area contributed by atoms with Gasteiger partial charge < -0.3 is 10.1 Å². The van der Waals surface area contributed by atoms with E-state index < -0.39 is 21.9 Å². The van der Waals surface area contributed by atoms with E-state index in [9.17, 15) is 18.0 Å². The number of fused-ring (bicyclic) bond motifs is 1. The average Bonchev–Trinajstić information content (AvgIpc) is 3.17. The molecule has 4 rings (SSSR count). The lowest BCUT2D eigenvalue weighted by Crippen LogP contribution is -2.17. The first-order valence-electron chi connectivity index (χ1n) is 10.7. The van der Waals surface area contributed by atoms with Crippen molar-refractivity contribution in [3.8, 4) is 0 Å². The van der Waals surface area contributed by atoms with E-state index in [1.807, 2.05) is 0 Å². The first kappa shape index (κ1) is 23.0. The van der Waals surface area contributed by atoms with Gasteiger partial charge in [0.2, 0.25) is 0 Å². The molecule has 2 N–H and O–H groups in total. The van der Waals surface area contributed by atoms with Gasteiger partial charge in [-0.2, -0.15) is 0 Å². The van der Waals surface area contributed by atoms with Gasteiger partial charge >= 0.3 is 5.97 Å². The number of hydrogen-bond donors (Lipinski definition) is 2. The molecule has 0 unspecified atom stereocenters. The Labute approximate surface area is 196 Å². The Morgan fingerprint density at radius 2 is 1.79 bits per heavy atom. The summed E-state index contributed by atoms with van der Waals surface area (Å²) in [5, 5.41) is 3.32. The summed E-state index contributed by atoms with van der Waals surface area (Å²) in [6.07, 6.45) is 3.70. The summed E-state index contributed by atoms with van der Waals surface area (Å²) in [5.41, 5.74) is 1.93. The van der Waals surface area contributed by atoms with E-state index in [0.717, 1.165) is 36.1 Å². The van der Waals surface area contributed by atoms with Crippen LogP contribution in [0.2, 0.25) is 0 Å². The number of amides is 1. The molecule has 7 nitrogen and oxygen atoms in total. The second-order valence-electron chi connectivity index (χ2n) is 7.59. The molecule has 3 aromatic rings. The van der Waals surface area contributed by atoms with E-state index in [0.29, 0.717) is 10.6 Å². The lowest BCUT2D eigenvalue weighted by atomic mass is 9.95. The number of carbonyl (C=O) groups is 2. The van der Waals surface area contributed by atoms with E-state index in [1.54, 1.807) is 43.3 Å². The molecular formula is C24H24N2O5S2. The summed E-state index contributed by atoms with van der Waals surface area (Å²) in [7, 11) is -3.78. The first-order chi connectivity index (χ1) is 15.9. The van der Waals surface area contributed by atoms with Crippen LogP contribution in [-0.2, 0) is 27.6 Å². The van der Waals surface area contributed by atoms with Crippen LogP contribution >= 0.6 is 11.3 Å². The maximum atomic E-state index is 13.0. The van der Waals surface area contributed by atoms with Gasteiger partial charge in [0.25, 0.3) is 15.9 Å². The van der Waals surface area contributed by atoms with Gasteiger partial charge in [0.15, 0.2) is 0 Å². The van der Waals surface area contributed by atoms with Crippen molar-refractivity contribution in [3.05, 3.63) is 76.2 Å². The van der Waals surface area contributed by atoms with E-state index in [4.69, 9.17) is 4.74 Å². The fourth-order valence-corrected chi connectivity index (χ4v) is 6.13. The SMILES string of the molecule is CCOC(=O)c1c(NC(=O)c2cccc(NS(=O)(=O)c3ccccc3)c2)sc2c1CCCC2. The fraction of sp³-hybridized carbons (Fsp3) is 0.250. The first-order valence-corrected chi connectivity index (χ1v) is 13.0. The highest BCUT2D eigenvalue weighted by Gasteiger charge is 2.27. The Hall–Kier alpha value is -3.17. The summed E-state index contributed by atoms with van der Waals surface area (Å²) >= 11 is 1.41. The molecule has 1 amide bonds. The second-order valence-corrected chi connectivity index (χ2v) is 10.4. The summed E-state index contributed by atoms with van der Waals surface area (Å²) in [5.74, 6) is -0.864. The van der Waals surface area contributed by atoms with Gasteiger partial charge in [0.1, 0.15) is 5.00 Å². The Morgan fingerprint density at radius 1 is 1.03 bits per heavy atom. The fourth-order valence-electron chi connectivity index (χ4n) is 3.79. The van der Waals surface area contributed by atoms with Crippen LogP contribution in [0.4, 0.5) is 10.7 Å². The van der Waals surface area contributed by atoms with Gasteiger partial charge in [0, 0.05) is 16.1 Å². The van der Waals surface area contributed by atoms with Gasteiger partial charge in [0.05, 0.1) is 17.1 Å². The van der Waals surface area contributed by atoms with Crippen molar-refractivity contribution in [1.82, 2.24) is 0 Å². The number of hydrogen-bond acceptors (Lipinski definition) is 6. The maximum absolute atomic E-state index is 13.0. The van der Waals surface area contributed by atoms with E-state index in [-0.39, 0.29) is 22.8 Å². The Bertz CT molecular complexity index is 1280. The van der Waals surface area contributed by atoms with Crippen molar-refractivity contribution in [2.45, 2.75) is 37.5 Å². The van der Waals surface area contributed by atoms with Gasteiger partial charge in [-0.3, -0.25) is 9.52 Å². The number of aryl methyl sites for hydroxylation is 1. The molecule has 172 valence electrons. The van der Waals surface area contributed by atoms with Crippen LogP contribution in [0.15, 0.2) is 59.5 Å². The molecule has 9 heteroatoms. The number of esters is 1. The minimum Gasteiger partial charge on any atom is -0.462 e.